The molecule has 3 aromatic rings. The van der Waals surface area contributed by atoms with Crippen molar-refractivity contribution in [2.75, 3.05) is 18.0 Å². The Morgan fingerprint density at radius 2 is 1.91 bits per heavy atom. The van der Waals surface area contributed by atoms with Crippen molar-refractivity contribution in [3.63, 3.8) is 0 Å². The molecule has 4 heterocycles. The lowest BCUT2D eigenvalue weighted by Crippen LogP contribution is -2.38. The van der Waals surface area contributed by atoms with E-state index in [0.717, 1.165) is 67.4 Å². The van der Waals surface area contributed by atoms with Crippen LogP contribution < -0.4 is 4.90 Å². The maximum absolute atomic E-state index is 12.9. The van der Waals surface area contributed by atoms with Crippen LogP contribution in [0.15, 0.2) is 42.6 Å². The average molecular weight is 431 g/mol. The number of carbonyl (C=O) groups excluding carboxylic acids is 1. The van der Waals surface area contributed by atoms with Gasteiger partial charge >= 0.3 is 0 Å². The lowest BCUT2D eigenvalue weighted by Gasteiger charge is -2.34. The number of carbonyl (C=O) groups is 1. The molecule has 1 atom stereocenters. The highest BCUT2D eigenvalue weighted by Crippen LogP contribution is 2.33. The lowest BCUT2D eigenvalue weighted by molar-refractivity contribution is -0.119. The quantitative estimate of drug-likeness (QED) is 0.621. The summed E-state index contributed by atoms with van der Waals surface area (Å²) in [6.45, 7) is 5.51. The molecule has 1 unspecified atom stereocenters. The van der Waals surface area contributed by atoms with Crippen LogP contribution in [-0.4, -0.2) is 43.6 Å². The molecule has 0 bridgehead atoms. The van der Waals surface area contributed by atoms with Crippen molar-refractivity contribution in [2.24, 2.45) is 7.05 Å². The summed E-state index contributed by atoms with van der Waals surface area (Å²) in [7, 11) is 1.99. The number of aromatic nitrogens is 4. The zero-order valence-electron chi connectivity index (χ0n) is 18.9. The molecule has 1 saturated heterocycles. The van der Waals surface area contributed by atoms with Crippen LogP contribution in [0, 0.1) is 6.92 Å². The van der Waals surface area contributed by atoms with Gasteiger partial charge in [0.2, 0.25) is 5.91 Å². The molecule has 5 rings (SSSR count). The molecule has 32 heavy (non-hydrogen) atoms. The molecule has 0 N–H and O–H groups in total. The first-order valence-corrected chi connectivity index (χ1v) is 11.5. The van der Waals surface area contributed by atoms with Crippen LogP contribution in [0.2, 0.25) is 0 Å². The Labute approximate surface area is 189 Å². The summed E-state index contributed by atoms with van der Waals surface area (Å²) in [5.74, 6) is 2.11. The fourth-order valence-corrected chi connectivity index (χ4v) is 4.91. The first-order chi connectivity index (χ1) is 15.6. The van der Waals surface area contributed by atoms with Gasteiger partial charge in [-0.05, 0) is 44.4 Å². The van der Waals surface area contributed by atoms with Crippen LogP contribution in [0.1, 0.15) is 53.5 Å². The van der Waals surface area contributed by atoms with E-state index < -0.39 is 0 Å². The summed E-state index contributed by atoms with van der Waals surface area (Å²) in [6, 6.07) is 12.2. The van der Waals surface area contributed by atoms with Gasteiger partial charge in [-0.15, -0.1) is 0 Å². The molecule has 2 aliphatic rings. The van der Waals surface area contributed by atoms with Gasteiger partial charge in [0, 0.05) is 49.9 Å². The van der Waals surface area contributed by atoms with E-state index in [-0.39, 0.29) is 11.8 Å². The van der Waals surface area contributed by atoms with Crippen molar-refractivity contribution >= 4 is 11.7 Å². The Bertz CT molecular complexity index is 1110. The highest BCUT2D eigenvalue weighted by Gasteiger charge is 2.31. The van der Waals surface area contributed by atoms with Crippen molar-refractivity contribution in [3.05, 3.63) is 70.9 Å². The van der Waals surface area contributed by atoms with Gasteiger partial charge in [0.1, 0.15) is 11.6 Å². The van der Waals surface area contributed by atoms with Gasteiger partial charge in [-0.2, -0.15) is 5.10 Å². The average Bonchev–Trinajstić information content (AvgIpc) is 3.21. The van der Waals surface area contributed by atoms with Crippen molar-refractivity contribution in [2.45, 2.75) is 51.6 Å². The standard InChI is InChI=1S/C25H30N6O/c1-18-22-10-11-23(32)31(15-19-7-4-3-5-8-19)25(22)28-24(27-18)20-9-6-14-30(16-20)17-21-12-13-26-29(21)2/h3-5,7-8,12-13,20H,6,9-11,14-17H2,1-2H3. The predicted octanol–water partition coefficient (Wildman–Crippen LogP) is 3.38. The number of nitrogens with zero attached hydrogens (tertiary/aromatic N) is 6. The molecule has 1 aromatic carbocycles. The number of likely N-dealkylation sites (tertiary alicyclic amines) is 1. The van der Waals surface area contributed by atoms with Crippen LogP contribution >= 0.6 is 0 Å². The highest BCUT2D eigenvalue weighted by molar-refractivity contribution is 5.95. The first kappa shape index (κ1) is 20.8. The Morgan fingerprint density at radius 1 is 1.06 bits per heavy atom. The minimum absolute atomic E-state index is 0.145. The minimum Gasteiger partial charge on any atom is -0.297 e. The van der Waals surface area contributed by atoms with Crippen LogP contribution in [-0.2, 0) is 31.4 Å². The second-order valence-corrected chi connectivity index (χ2v) is 8.96. The largest absolute Gasteiger partial charge is 0.297 e. The van der Waals surface area contributed by atoms with Crippen LogP contribution in [0.4, 0.5) is 5.82 Å². The van der Waals surface area contributed by atoms with Crippen LogP contribution in [0.5, 0.6) is 0 Å². The monoisotopic (exact) mass is 430 g/mol. The highest BCUT2D eigenvalue weighted by atomic mass is 16.2. The maximum Gasteiger partial charge on any atom is 0.228 e. The fraction of sp³-hybridized carbons (Fsp3) is 0.440. The molecule has 1 amide bonds. The molecular weight excluding hydrogens is 400 g/mol. The molecule has 2 aromatic heterocycles. The molecule has 0 aliphatic carbocycles. The number of fused-ring (bicyclic) bond motifs is 1. The van der Waals surface area contributed by atoms with Crippen LogP contribution in [0.25, 0.3) is 0 Å². The van der Waals surface area contributed by atoms with Gasteiger partial charge in [-0.1, -0.05) is 30.3 Å². The summed E-state index contributed by atoms with van der Waals surface area (Å²) in [6.07, 6.45) is 5.29. The lowest BCUT2D eigenvalue weighted by atomic mass is 9.95. The first-order valence-electron chi connectivity index (χ1n) is 11.5. The van der Waals surface area contributed by atoms with E-state index in [9.17, 15) is 4.79 Å². The second kappa shape index (κ2) is 8.82. The summed E-state index contributed by atoms with van der Waals surface area (Å²) < 4.78 is 1.94. The van der Waals surface area contributed by atoms with E-state index in [4.69, 9.17) is 9.97 Å². The summed E-state index contributed by atoms with van der Waals surface area (Å²) in [5, 5.41) is 4.30. The van der Waals surface area contributed by atoms with Gasteiger partial charge in [0.25, 0.3) is 0 Å². The van der Waals surface area contributed by atoms with Crippen molar-refractivity contribution in [1.29, 1.82) is 0 Å². The molecular formula is C25H30N6O. The normalized spacial score (nSPS) is 19.2. The number of benzene rings is 1. The summed E-state index contributed by atoms with van der Waals surface area (Å²) in [4.78, 5) is 27.2. The number of hydrogen-bond donors (Lipinski definition) is 0. The Balaban J connectivity index is 1.41. The summed E-state index contributed by atoms with van der Waals surface area (Å²) in [5.41, 5.74) is 4.46. The van der Waals surface area contributed by atoms with Crippen molar-refractivity contribution < 1.29 is 4.79 Å². The van der Waals surface area contributed by atoms with Crippen molar-refractivity contribution in [3.8, 4) is 0 Å². The third kappa shape index (κ3) is 4.17. The number of anilines is 1. The van der Waals surface area contributed by atoms with E-state index in [0.29, 0.717) is 13.0 Å². The van der Waals surface area contributed by atoms with Gasteiger partial charge in [-0.3, -0.25) is 19.3 Å². The maximum atomic E-state index is 12.9. The molecule has 0 spiro atoms. The molecule has 2 aliphatic heterocycles. The van der Waals surface area contributed by atoms with Gasteiger partial charge in [0.15, 0.2) is 0 Å². The number of aryl methyl sites for hydroxylation is 2. The predicted molar refractivity (Wildman–Crippen MR) is 123 cm³/mol. The second-order valence-electron chi connectivity index (χ2n) is 8.96. The fourth-order valence-electron chi connectivity index (χ4n) is 4.91. The van der Waals surface area contributed by atoms with Crippen LogP contribution in [0.3, 0.4) is 0 Å². The third-order valence-corrected chi connectivity index (χ3v) is 6.72. The molecule has 7 heteroatoms. The molecule has 7 nitrogen and oxygen atoms in total. The van der Waals surface area contributed by atoms with Gasteiger partial charge < -0.3 is 0 Å². The van der Waals surface area contributed by atoms with E-state index in [1.54, 1.807) is 0 Å². The van der Waals surface area contributed by atoms with E-state index >= 15 is 0 Å². The Morgan fingerprint density at radius 3 is 2.69 bits per heavy atom. The van der Waals surface area contributed by atoms with E-state index in [2.05, 4.69) is 35.1 Å². The SMILES string of the molecule is Cc1nc(C2CCCN(Cc3ccnn3C)C2)nc2c1CCC(=O)N2Cc1ccccc1. The summed E-state index contributed by atoms with van der Waals surface area (Å²) >= 11 is 0. The zero-order valence-corrected chi connectivity index (χ0v) is 18.9. The molecule has 0 saturated carbocycles. The van der Waals surface area contributed by atoms with E-state index in [1.165, 1.54) is 5.69 Å². The number of piperidine rings is 1. The number of hydrogen-bond acceptors (Lipinski definition) is 5. The Kier molecular flexibility index (Phi) is 5.74. The van der Waals surface area contributed by atoms with E-state index in [1.807, 2.05) is 41.0 Å². The minimum atomic E-state index is 0.145. The number of rotatable bonds is 5. The Hall–Kier alpha value is -3.06. The van der Waals surface area contributed by atoms with Crippen molar-refractivity contribution in [1.82, 2.24) is 24.6 Å². The third-order valence-electron chi connectivity index (χ3n) is 6.72. The molecule has 0 radical (unpaired) electrons. The molecule has 1 fully saturated rings. The number of amides is 1. The zero-order chi connectivity index (χ0) is 22.1. The topological polar surface area (TPSA) is 67.2 Å². The van der Waals surface area contributed by atoms with Gasteiger partial charge in [-0.25, -0.2) is 9.97 Å². The smallest absolute Gasteiger partial charge is 0.228 e. The van der Waals surface area contributed by atoms with Gasteiger partial charge in [0.05, 0.1) is 12.2 Å². The molecule has 166 valence electrons.